The number of anilines is 2. The van der Waals surface area contributed by atoms with Crippen LogP contribution in [0.1, 0.15) is 26.7 Å². The topological polar surface area (TPSA) is 58.4 Å². The first-order valence-electron chi connectivity index (χ1n) is 7.44. The molecule has 1 aliphatic rings. The van der Waals surface area contributed by atoms with Gasteiger partial charge in [-0.1, -0.05) is 13.8 Å². The van der Waals surface area contributed by atoms with Crippen LogP contribution in [0, 0.1) is 11.8 Å². The molecule has 1 saturated heterocycles. The number of carbonyl (C=O) groups excluding carboxylic acids is 1. The number of nitrogens with one attached hydrogen (secondary N) is 1. The van der Waals surface area contributed by atoms with Gasteiger partial charge in [-0.2, -0.15) is 0 Å². The van der Waals surface area contributed by atoms with E-state index in [0.717, 1.165) is 38.2 Å². The minimum Gasteiger partial charge on any atom is -0.399 e. The lowest BCUT2D eigenvalue weighted by Crippen LogP contribution is -2.41. The average molecular weight is 275 g/mol. The quantitative estimate of drug-likeness (QED) is 0.829. The van der Waals surface area contributed by atoms with E-state index in [1.807, 2.05) is 12.1 Å². The molecule has 0 aromatic heterocycles. The summed E-state index contributed by atoms with van der Waals surface area (Å²) in [4.78, 5) is 14.4. The van der Waals surface area contributed by atoms with Gasteiger partial charge in [0.05, 0.1) is 0 Å². The van der Waals surface area contributed by atoms with E-state index in [-0.39, 0.29) is 11.8 Å². The van der Waals surface area contributed by atoms with Crippen molar-refractivity contribution in [1.29, 1.82) is 0 Å². The fourth-order valence-electron chi connectivity index (χ4n) is 2.53. The molecule has 1 aromatic rings. The van der Waals surface area contributed by atoms with Gasteiger partial charge in [0, 0.05) is 36.9 Å². The predicted molar refractivity (Wildman–Crippen MR) is 83.6 cm³/mol. The van der Waals surface area contributed by atoms with Gasteiger partial charge in [0.1, 0.15) is 0 Å². The number of hydrogen-bond acceptors (Lipinski definition) is 3. The second-order valence-corrected chi connectivity index (χ2v) is 5.99. The number of piperidine rings is 1. The maximum absolute atomic E-state index is 12.0. The minimum atomic E-state index is 0.166. The minimum absolute atomic E-state index is 0.166. The van der Waals surface area contributed by atoms with E-state index >= 15 is 0 Å². The highest BCUT2D eigenvalue weighted by Crippen LogP contribution is 2.24. The molecule has 0 unspecified atom stereocenters. The molecule has 3 N–H and O–H groups in total. The van der Waals surface area contributed by atoms with Gasteiger partial charge in [-0.3, -0.25) is 4.79 Å². The van der Waals surface area contributed by atoms with Gasteiger partial charge >= 0.3 is 0 Å². The molecule has 0 spiro atoms. The number of hydrogen-bond donors (Lipinski definition) is 2. The van der Waals surface area contributed by atoms with Crippen LogP contribution in [-0.2, 0) is 4.79 Å². The van der Waals surface area contributed by atoms with Crippen molar-refractivity contribution in [3.05, 3.63) is 24.3 Å². The van der Waals surface area contributed by atoms with Gasteiger partial charge in [0.15, 0.2) is 0 Å². The maximum atomic E-state index is 12.0. The van der Waals surface area contributed by atoms with Crippen LogP contribution in [0.25, 0.3) is 0 Å². The summed E-state index contributed by atoms with van der Waals surface area (Å²) < 4.78 is 0. The summed E-state index contributed by atoms with van der Waals surface area (Å²) >= 11 is 0. The standard InChI is InChI=1S/C16H25N3O/c1-12(2)11-18-16(20)13-7-9-19(10-8-13)15-5-3-14(17)4-6-15/h3-6,12-13H,7-11,17H2,1-2H3,(H,18,20). The molecule has 4 nitrogen and oxygen atoms in total. The third kappa shape index (κ3) is 3.89. The number of carbonyl (C=O) groups is 1. The molecule has 2 rings (SSSR count). The summed E-state index contributed by atoms with van der Waals surface area (Å²) in [5.41, 5.74) is 7.69. The van der Waals surface area contributed by atoms with E-state index < -0.39 is 0 Å². The number of nitrogens with zero attached hydrogens (tertiary/aromatic N) is 1. The van der Waals surface area contributed by atoms with E-state index in [4.69, 9.17) is 5.73 Å². The summed E-state index contributed by atoms with van der Waals surface area (Å²) in [6.45, 7) is 6.87. The molecule has 1 heterocycles. The van der Waals surface area contributed by atoms with Crippen LogP contribution in [0.15, 0.2) is 24.3 Å². The van der Waals surface area contributed by atoms with Gasteiger partial charge < -0.3 is 16.0 Å². The molecule has 1 amide bonds. The highest BCUT2D eigenvalue weighted by molar-refractivity contribution is 5.79. The zero-order valence-electron chi connectivity index (χ0n) is 12.4. The van der Waals surface area contributed by atoms with Crippen LogP contribution in [0.3, 0.4) is 0 Å². The molecular weight excluding hydrogens is 250 g/mol. The first kappa shape index (κ1) is 14.7. The summed E-state index contributed by atoms with van der Waals surface area (Å²) in [5.74, 6) is 0.892. The van der Waals surface area contributed by atoms with Crippen LogP contribution < -0.4 is 16.0 Å². The Morgan fingerprint density at radius 1 is 1.30 bits per heavy atom. The Kier molecular flexibility index (Phi) is 4.88. The molecule has 0 aliphatic carbocycles. The van der Waals surface area contributed by atoms with Crippen molar-refractivity contribution < 1.29 is 4.79 Å². The molecule has 0 radical (unpaired) electrons. The molecule has 110 valence electrons. The predicted octanol–water partition coefficient (Wildman–Crippen LogP) is 2.26. The Bertz CT molecular complexity index is 434. The SMILES string of the molecule is CC(C)CNC(=O)C1CCN(c2ccc(N)cc2)CC1. The van der Waals surface area contributed by atoms with Crippen molar-refractivity contribution in [2.24, 2.45) is 11.8 Å². The monoisotopic (exact) mass is 275 g/mol. The number of benzene rings is 1. The molecule has 4 heteroatoms. The van der Waals surface area contributed by atoms with Crippen LogP contribution >= 0.6 is 0 Å². The lowest BCUT2D eigenvalue weighted by molar-refractivity contribution is -0.125. The van der Waals surface area contributed by atoms with E-state index in [2.05, 4.69) is 36.2 Å². The highest BCUT2D eigenvalue weighted by atomic mass is 16.1. The molecule has 1 fully saturated rings. The zero-order valence-corrected chi connectivity index (χ0v) is 12.4. The lowest BCUT2D eigenvalue weighted by atomic mass is 9.95. The fraction of sp³-hybridized carbons (Fsp3) is 0.562. The number of nitrogens with two attached hydrogens (primary N) is 1. The molecular formula is C16H25N3O. The first-order valence-corrected chi connectivity index (χ1v) is 7.44. The van der Waals surface area contributed by atoms with E-state index in [0.29, 0.717) is 5.92 Å². The normalized spacial score (nSPS) is 16.4. The zero-order chi connectivity index (χ0) is 14.5. The molecule has 1 aliphatic heterocycles. The Balaban J connectivity index is 1.83. The fourth-order valence-corrected chi connectivity index (χ4v) is 2.53. The van der Waals surface area contributed by atoms with Crippen molar-refractivity contribution in [2.75, 3.05) is 30.3 Å². The Hall–Kier alpha value is -1.71. The van der Waals surface area contributed by atoms with Gasteiger partial charge in [0.25, 0.3) is 0 Å². The Morgan fingerprint density at radius 2 is 1.90 bits per heavy atom. The average Bonchev–Trinajstić information content (AvgIpc) is 2.46. The smallest absolute Gasteiger partial charge is 0.223 e. The third-order valence-electron chi connectivity index (χ3n) is 3.81. The molecule has 0 saturated carbocycles. The second-order valence-electron chi connectivity index (χ2n) is 5.99. The summed E-state index contributed by atoms with van der Waals surface area (Å²) in [6, 6.07) is 7.95. The summed E-state index contributed by atoms with van der Waals surface area (Å²) in [7, 11) is 0. The Morgan fingerprint density at radius 3 is 2.45 bits per heavy atom. The van der Waals surface area contributed by atoms with E-state index in [1.54, 1.807) is 0 Å². The molecule has 0 atom stereocenters. The van der Waals surface area contributed by atoms with Crippen molar-refractivity contribution in [1.82, 2.24) is 5.32 Å². The largest absolute Gasteiger partial charge is 0.399 e. The Labute approximate surface area is 121 Å². The third-order valence-corrected chi connectivity index (χ3v) is 3.81. The van der Waals surface area contributed by atoms with Gasteiger partial charge in [0.2, 0.25) is 5.91 Å². The number of nitrogen functional groups attached to an aromatic ring is 1. The van der Waals surface area contributed by atoms with E-state index in [1.165, 1.54) is 5.69 Å². The second kappa shape index (κ2) is 6.64. The van der Waals surface area contributed by atoms with Gasteiger partial charge in [-0.05, 0) is 43.0 Å². The lowest BCUT2D eigenvalue weighted by Gasteiger charge is -2.33. The van der Waals surface area contributed by atoms with Crippen molar-refractivity contribution in [3.63, 3.8) is 0 Å². The number of rotatable bonds is 4. The summed E-state index contributed by atoms with van der Waals surface area (Å²) in [5, 5.41) is 3.04. The highest BCUT2D eigenvalue weighted by Gasteiger charge is 2.24. The molecule has 20 heavy (non-hydrogen) atoms. The van der Waals surface area contributed by atoms with Crippen molar-refractivity contribution in [3.8, 4) is 0 Å². The maximum Gasteiger partial charge on any atom is 0.223 e. The van der Waals surface area contributed by atoms with Crippen molar-refractivity contribution in [2.45, 2.75) is 26.7 Å². The molecule has 1 aromatic carbocycles. The van der Waals surface area contributed by atoms with E-state index in [9.17, 15) is 4.79 Å². The summed E-state index contributed by atoms with van der Waals surface area (Å²) in [6.07, 6.45) is 1.85. The van der Waals surface area contributed by atoms with Crippen molar-refractivity contribution >= 4 is 17.3 Å². The van der Waals surface area contributed by atoms with Crippen LogP contribution in [0.4, 0.5) is 11.4 Å². The van der Waals surface area contributed by atoms with Gasteiger partial charge in [-0.25, -0.2) is 0 Å². The molecule has 0 bridgehead atoms. The first-order chi connectivity index (χ1) is 9.56. The number of amides is 1. The van der Waals surface area contributed by atoms with Crippen LogP contribution in [-0.4, -0.2) is 25.5 Å². The van der Waals surface area contributed by atoms with Crippen LogP contribution in [0.2, 0.25) is 0 Å². The van der Waals surface area contributed by atoms with Gasteiger partial charge in [-0.15, -0.1) is 0 Å². The van der Waals surface area contributed by atoms with Crippen LogP contribution in [0.5, 0.6) is 0 Å².